The van der Waals surface area contributed by atoms with Crippen LogP contribution in [0.3, 0.4) is 0 Å². The highest BCUT2D eigenvalue weighted by molar-refractivity contribution is 7.22. The van der Waals surface area contributed by atoms with Crippen LogP contribution in [0.15, 0.2) is 66.7 Å². The van der Waals surface area contributed by atoms with Crippen LogP contribution in [0.25, 0.3) is 20.5 Å². The smallest absolute Gasteiger partial charge is 0.316 e. The molecule has 0 aliphatic carbocycles. The first-order valence-corrected chi connectivity index (χ1v) is 17.1. The second-order valence-electron chi connectivity index (χ2n) is 14.6. The number of benzene rings is 3. The Labute approximate surface area is 289 Å². The largest absolute Gasteiger partial charge is 0.492 e. The number of likely N-dealkylation sites (tertiary alicyclic amines) is 1. The molecule has 1 atom stereocenters. The summed E-state index contributed by atoms with van der Waals surface area (Å²) in [5, 5.41) is 1.12. The van der Waals surface area contributed by atoms with Crippen LogP contribution in [0.1, 0.15) is 72.4 Å². The van der Waals surface area contributed by atoms with Gasteiger partial charge in [0.25, 0.3) is 0 Å². The molecule has 6 nitrogen and oxygen atoms in total. The molecular formula is C39H48ClNO5S. The topological polar surface area (TPSA) is 65.1 Å². The highest BCUT2D eigenvalue weighted by atomic mass is 35.5. The third-order valence-corrected chi connectivity index (χ3v) is 9.49. The molecule has 252 valence electrons. The van der Waals surface area contributed by atoms with Crippen molar-refractivity contribution in [2.75, 3.05) is 26.2 Å². The lowest BCUT2D eigenvalue weighted by Crippen LogP contribution is -2.37. The number of ether oxygens (including phenoxy) is 3. The first kappa shape index (κ1) is 36.4. The fraction of sp³-hybridized carbons (Fsp3) is 0.436. The fourth-order valence-electron chi connectivity index (χ4n) is 5.49. The standard InChI is InChI=1S/C39H47NO5S.ClH/c1-26-9-8-20-40(25-26)21-22-43-29-14-10-27(11-15-29)23-33-32-19-18-31(45-37(42)39(5,6)7)24-34(32)46-35(33)28-12-16-30(17-13-28)44-36(41)38(2,3)4;/h10-19,24,26H,8-9,20-23,25H2,1-7H3;1H. The number of thiophene rings is 1. The normalized spacial score (nSPS) is 15.6. The summed E-state index contributed by atoms with van der Waals surface area (Å²) in [6.45, 7) is 17.4. The predicted octanol–water partition coefficient (Wildman–Crippen LogP) is 9.59. The van der Waals surface area contributed by atoms with E-state index in [0.29, 0.717) is 18.1 Å². The van der Waals surface area contributed by atoms with Crippen molar-refractivity contribution in [3.05, 3.63) is 77.9 Å². The molecule has 5 rings (SSSR count). The molecule has 1 fully saturated rings. The van der Waals surface area contributed by atoms with Gasteiger partial charge < -0.3 is 14.2 Å². The van der Waals surface area contributed by atoms with Crippen molar-refractivity contribution < 1.29 is 23.8 Å². The van der Waals surface area contributed by atoms with Crippen LogP contribution >= 0.6 is 23.7 Å². The fourth-order valence-corrected chi connectivity index (χ4v) is 6.74. The number of piperidine rings is 1. The van der Waals surface area contributed by atoms with Crippen LogP contribution in [-0.4, -0.2) is 43.1 Å². The Bertz CT molecular complexity index is 1670. The van der Waals surface area contributed by atoms with Gasteiger partial charge >= 0.3 is 11.9 Å². The first-order chi connectivity index (χ1) is 21.8. The molecule has 1 unspecified atom stereocenters. The second kappa shape index (κ2) is 15.2. The van der Waals surface area contributed by atoms with Gasteiger partial charge in [-0.3, -0.25) is 14.5 Å². The van der Waals surface area contributed by atoms with E-state index in [2.05, 4.69) is 36.1 Å². The molecule has 0 radical (unpaired) electrons. The molecule has 1 aromatic heterocycles. The van der Waals surface area contributed by atoms with Crippen LogP contribution in [-0.2, 0) is 16.0 Å². The van der Waals surface area contributed by atoms with E-state index in [9.17, 15) is 9.59 Å². The van der Waals surface area contributed by atoms with Crippen molar-refractivity contribution in [2.45, 2.75) is 67.7 Å². The number of carbonyl (C=O) groups is 2. The summed E-state index contributed by atoms with van der Waals surface area (Å²) in [7, 11) is 0. The average molecular weight is 678 g/mol. The molecule has 0 amide bonds. The van der Waals surface area contributed by atoms with E-state index >= 15 is 0 Å². The number of carbonyl (C=O) groups excluding carboxylic acids is 2. The number of halogens is 1. The van der Waals surface area contributed by atoms with Gasteiger partial charge in [0.1, 0.15) is 23.9 Å². The Morgan fingerprint density at radius 2 is 1.43 bits per heavy atom. The number of hydrogen-bond donors (Lipinski definition) is 0. The maximum atomic E-state index is 12.6. The van der Waals surface area contributed by atoms with Crippen molar-refractivity contribution in [3.63, 3.8) is 0 Å². The molecule has 4 aromatic rings. The molecule has 47 heavy (non-hydrogen) atoms. The summed E-state index contributed by atoms with van der Waals surface area (Å²) in [5.74, 6) is 2.17. The van der Waals surface area contributed by atoms with Gasteiger partial charge in [-0.1, -0.05) is 19.1 Å². The predicted molar refractivity (Wildman–Crippen MR) is 194 cm³/mol. The summed E-state index contributed by atoms with van der Waals surface area (Å²) < 4.78 is 18.5. The molecule has 0 bridgehead atoms. The van der Waals surface area contributed by atoms with Crippen LogP contribution in [0, 0.1) is 16.7 Å². The lowest BCUT2D eigenvalue weighted by Gasteiger charge is -2.30. The number of nitrogens with zero attached hydrogens (tertiary/aromatic N) is 1. The molecular weight excluding hydrogens is 630 g/mol. The lowest BCUT2D eigenvalue weighted by molar-refractivity contribution is -0.143. The summed E-state index contributed by atoms with van der Waals surface area (Å²) in [4.78, 5) is 28.7. The van der Waals surface area contributed by atoms with Crippen molar-refractivity contribution in [2.24, 2.45) is 16.7 Å². The molecule has 2 heterocycles. The third-order valence-electron chi connectivity index (χ3n) is 8.25. The summed E-state index contributed by atoms with van der Waals surface area (Å²) >= 11 is 1.67. The quantitative estimate of drug-likeness (QED) is 0.130. The van der Waals surface area contributed by atoms with Gasteiger partial charge in [0.2, 0.25) is 0 Å². The molecule has 1 saturated heterocycles. The molecule has 1 aliphatic heterocycles. The van der Waals surface area contributed by atoms with Gasteiger partial charge in [-0.2, -0.15) is 0 Å². The van der Waals surface area contributed by atoms with Gasteiger partial charge in [0, 0.05) is 22.7 Å². The molecule has 0 N–H and O–H groups in total. The van der Waals surface area contributed by atoms with Gasteiger partial charge in [-0.05, 0) is 150 Å². The van der Waals surface area contributed by atoms with Gasteiger partial charge in [-0.15, -0.1) is 23.7 Å². The molecule has 0 saturated carbocycles. The molecule has 8 heteroatoms. The summed E-state index contributed by atoms with van der Waals surface area (Å²) in [6, 6.07) is 22.0. The van der Waals surface area contributed by atoms with E-state index in [1.807, 2.05) is 84.0 Å². The van der Waals surface area contributed by atoms with Gasteiger partial charge in [-0.25, -0.2) is 0 Å². The van der Waals surface area contributed by atoms with Crippen molar-refractivity contribution in [1.82, 2.24) is 4.90 Å². The van der Waals surface area contributed by atoms with Gasteiger partial charge in [0.05, 0.1) is 10.8 Å². The Balaban J connectivity index is 0.00000500. The minimum absolute atomic E-state index is 0. The number of rotatable bonds is 9. The molecule has 1 aliphatic rings. The van der Waals surface area contributed by atoms with Gasteiger partial charge in [0.15, 0.2) is 0 Å². The Morgan fingerprint density at radius 1 is 0.830 bits per heavy atom. The lowest BCUT2D eigenvalue weighted by atomic mass is 9.97. The average Bonchev–Trinajstić information content (AvgIpc) is 3.34. The van der Waals surface area contributed by atoms with E-state index in [1.165, 1.54) is 24.0 Å². The Kier molecular flexibility index (Phi) is 11.8. The second-order valence-corrected chi connectivity index (χ2v) is 15.6. The van der Waals surface area contributed by atoms with Crippen molar-refractivity contribution >= 4 is 45.8 Å². The van der Waals surface area contributed by atoms with Crippen LogP contribution in [0.4, 0.5) is 0 Å². The van der Waals surface area contributed by atoms with E-state index in [0.717, 1.165) is 58.2 Å². The number of hydrogen-bond acceptors (Lipinski definition) is 7. The minimum atomic E-state index is -0.596. The van der Waals surface area contributed by atoms with E-state index < -0.39 is 10.8 Å². The Morgan fingerprint density at radius 3 is 2.04 bits per heavy atom. The van der Waals surface area contributed by atoms with E-state index in [4.69, 9.17) is 14.2 Å². The maximum Gasteiger partial charge on any atom is 0.316 e. The van der Waals surface area contributed by atoms with Crippen molar-refractivity contribution in [3.8, 4) is 27.7 Å². The SMILES string of the molecule is CC1CCCN(CCOc2ccc(Cc3c(-c4ccc(OC(=O)C(C)(C)C)cc4)sc4cc(OC(=O)C(C)(C)C)ccc34)cc2)C1.Cl. The van der Waals surface area contributed by atoms with E-state index in [-0.39, 0.29) is 24.3 Å². The zero-order valence-electron chi connectivity index (χ0n) is 28.7. The van der Waals surface area contributed by atoms with Crippen molar-refractivity contribution in [1.29, 1.82) is 0 Å². The summed E-state index contributed by atoms with van der Waals surface area (Å²) in [6.07, 6.45) is 3.32. The highest BCUT2D eigenvalue weighted by Crippen LogP contribution is 2.42. The Hall–Kier alpha value is -3.39. The van der Waals surface area contributed by atoms with Crippen LogP contribution in [0.2, 0.25) is 0 Å². The number of fused-ring (bicyclic) bond motifs is 1. The molecule has 0 spiro atoms. The highest BCUT2D eigenvalue weighted by Gasteiger charge is 2.25. The zero-order chi connectivity index (χ0) is 33.1. The maximum absolute atomic E-state index is 12.6. The van der Waals surface area contributed by atoms with Crippen LogP contribution < -0.4 is 14.2 Å². The summed E-state index contributed by atoms with van der Waals surface area (Å²) in [5.41, 5.74) is 2.23. The first-order valence-electron chi connectivity index (χ1n) is 16.3. The monoisotopic (exact) mass is 677 g/mol. The zero-order valence-corrected chi connectivity index (χ0v) is 30.3. The molecule has 3 aromatic carbocycles. The number of esters is 2. The van der Waals surface area contributed by atoms with Crippen LogP contribution in [0.5, 0.6) is 17.2 Å². The minimum Gasteiger partial charge on any atom is -0.492 e. The third kappa shape index (κ3) is 9.59. The van der Waals surface area contributed by atoms with E-state index in [1.54, 1.807) is 11.3 Å².